The molecule has 2 rings (SSSR count). The molecule has 5 nitrogen and oxygen atoms in total. The van der Waals surface area contributed by atoms with Crippen LogP contribution in [0.25, 0.3) is 0 Å². The maximum absolute atomic E-state index is 12.3. The van der Waals surface area contributed by atoms with E-state index in [1.165, 1.54) is 23.1 Å². The summed E-state index contributed by atoms with van der Waals surface area (Å²) in [6.45, 7) is 0.775. The minimum Gasteiger partial charge on any atom is -0.508 e. The standard InChI is InChI=1S/C16H18N2O3/c1-18(10-12-5-3-2-4-11(12)9-17)16(21)14-8-13(19)6-7-15(14)20/h2-8,19-20H,9-10,17H2,1H3. The van der Waals surface area contributed by atoms with Crippen molar-refractivity contribution in [2.75, 3.05) is 7.05 Å². The Hall–Kier alpha value is -2.53. The van der Waals surface area contributed by atoms with Gasteiger partial charge in [0.15, 0.2) is 0 Å². The molecule has 1 amide bonds. The van der Waals surface area contributed by atoms with Gasteiger partial charge in [-0.2, -0.15) is 0 Å². The van der Waals surface area contributed by atoms with Crippen molar-refractivity contribution in [3.8, 4) is 11.5 Å². The monoisotopic (exact) mass is 286 g/mol. The minimum atomic E-state index is -0.366. The predicted molar refractivity (Wildman–Crippen MR) is 79.9 cm³/mol. The highest BCUT2D eigenvalue weighted by atomic mass is 16.3. The van der Waals surface area contributed by atoms with Crippen molar-refractivity contribution in [1.82, 2.24) is 4.90 Å². The van der Waals surface area contributed by atoms with Crippen molar-refractivity contribution in [2.24, 2.45) is 5.73 Å². The molecule has 0 radical (unpaired) electrons. The van der Waals surface area contributed by atoms with Crippen LogP contribution in [0.15, 0.2) is 42.5 Å². The number of phenols is 2. The molecule has 0 bridgehead atoms. The van der Waals surface area contributed by atoms with Gasteiger partial charge in [-0.25, -0.2) is 0 Å². The van der Waals surface area contributed by atoms with Crippen molar-refractivity contribution in [3.05, 3.63) is 59.2 Å². The van der Waals surface area contributed by atoms with E-state index < -0.39 is 0 Å². The lowest BCUT2D eigenvalue weighted by Gasteiger charge is -2.19. The number of carbonyl (C=O) groups is 1. The zero-order chi connectivity index (χ0) is 15.4. The van der Waals surface area contributed by atoms with Crippen molar-refractivity contribution < 1.29 is 15.0 Å². The molecule has 2 aromatic carbocycles. The Bertz CT molecular complexity index is 656. The molecular formula is C16H18N2O3. The van der Waals surface area contributed by atoms with E-state index in [0.29, 0.717) is 13.1 Å². The number of amides is 1. The van der Waals surface area contributed by atoms with E-state index >= 15 is 0 Å². The molecule has 0 aliphatic rings. The van der Waals surface area contributed by atoms with Crippen molar-refractivity contribution in [1.29, 1.82) is 0 Å². The van der Waals surface area contributed by atoms with Gasteiger partial charge in [0.1, 0.15) is 11.5 Å². The van der Waals surface area contributed by atoms with Gasteiger partial charge in [-0.15, -0.1) is 0 Å². The maximum Gasteiger partial charge on any atom is 0.257 e. The lowest BCUT2D eigenvalue weighted by atomic mass is 10.1. The first-order valence-electron chi connectivity index (χ1n) is 6.57. The molecule has 0 spiro atoms. The second-order valence-corrected chi connectivity index (χ2v) is 4.84. The second-order valence-electron chi connectivity index (χ2n) is 4.84. The number of benzene rings is 2. The molecule has 0 saturated heterocycles. The smallest absolute Gasteiger partial charge is 0.257 e. The quantitative estimate of drug-likeness (QED) is 0.748. The fourth-order valence-corrected chi connectivity index (χ4v) is 2.14. The second kappa shape index (κ2) is 6.28. The Labute approximate surface area is 123 Å². The molecule has 21 heavy (non-hydrogen) atoms. The number of nitrogens with two attached hydrogens (primary N) is 1. The van der Waals surface area contributed by atoms with Gasteiger partial charge in [0.2, 0.25) is 0 Å². The number of rotatable bonds is 4. The highest BCUT2D eigenvalue weighted by Gasteiger charge is 2.17. The van der Waals surface area contributed by atoms with Crippen LogP contribution in [0.5, 0.6) is 11.5 Å². The van der Waals surface area contributed by atoms with Crippen LogP contribution >= 0.6 is 0 Å². The van der Waals surface area contributed by atoms with Gasteiger partial charge in [-0.1, -0.05) is 24.3 Å². The van der Waals surface area contributed by atoms with Gasteiger partial charge in [0.25, 0.3) is 5.91 Å². The summed E-state index contributed by atoms with van der Waals surface area (Å²) in [5, 5.41) is 19.2. The number of phenolic OH excluding ortho intramolecular Hbond substituents is 2. The van der Waals surface area contributed by atoms with E-state index in [-0.39, 0.29) is 23.0 Å². The summed E-state index contributed by atoms with van der Waals surface area (Å²) < 4.78 is 0. The van der Waals surface area contributed by atoms with Crippen molar-refractivity contribution in [3.63, 3.8) is 0 Å². The first-order valence-corrected chi connectivity index (χ1v) is 6.57. The van der Waals surface area contributed by atoms with Crippen molar-refractivity contribution >= 4 is 5.91 Å². The average Bonchev–Trinajstić information content (AvgIpc) is 2.49. The molecule has 110 valence electrons. The summed E-state index contributed by atoms with van der Waals surface area (Å²) in [4.78, 5) is 13.8. The number of carbonyl (C=O) groups excluding carboxylic acids is 1. The summed E-state index contributed by atoms with van der Waals surface area (Å²) in [7, 11) is 1.64. The summed E-state index contributed by atoms with van der Waals surface area (Å²) in [5.41, 5.74) is 7.68. The van der Waals surface area contributed by atoms with E-state index in [9.17, 15) is 15.0 Å². The summed E-state index contributed by atoms with van der Waals surface area (Å²) >= 11 is 0. The molecule has 0 fully saturated rings. The van der Waals surface area contributed by atoms with E-state index in [1.807, 2.05) is 24.3 Å². The van der Waals surface area contributed by atoms with Gasteiger partial charge in [0.05, 0.1) is 5.56 Å². The van der Waals surface area contributed by atoms with E-state index in [0.717, 1.165) is 11.1 Å². The third kappa shape index (κ3) is 3.32. The first kappa shape index (κ1) is 14.9. The highest BCUT2D eigenvalue weighted by molar-refractivity contribution is 5.97. The van der Waals surface area contributed by atoms with Gasteiger partial charge < -0.3 is 20.8 Å². The zero-order valence-corrected chi connectivity index (χ0v) is 11.8. The van der Waals surface area contributed by atoms with Crippen LogP contribution in [0.2, 0.25) is 0 Å². The molecule has 0 heterocycles. The van der Waals surface area contributed by atoms with Crippen LogP contribution in [0.1, 0.15) is 21.5 Å². The topological polar surface area (TPSA) is 86.8 Å². The van der Waals surface area contributed by atoms with Gasteiger partial charge in [0, 0.05) is 20.1 Å². The molecule has 4 N–H and O–H groups in total. The van der Waals surface area contributed by atoms with Gasteiger partial charge in [-0.3, -0.25) is 4.79 Å². The summed E-state index contributed by atoms with van der Waals surface area (Å²) in [5.74, 6) is -0.584. The molecule has 0 unspecified atom stereocenters. The lowest BCUT2D eigenvalue weighted by Crippen LogP contribution is -2.27. The van der Waals surface area contributed by atoms with Crippen LogP contribution in [0.4, 0.5) is 0 Å². The third-order valence-electron chi connectivity index (χ3n) is 3.30. The first-order chi connectivity index (χ1) is 10.0. The molecule has 0 aromatic heterocycles. The van der Waals surface area contributed by atoms with Gasteiger partial charge in [-0.05, 0) is 29.3 Å². The molecule has 0 saturated carbocycles. The largest absolute Gasteiger partial charge is 0.508 e. The average molecular weight is 286 g/mol. The fourth-order valence-electron chi connectivity index (χ4n) is 2.14. The summed E-state index contributed by atoms with van der Waals surface area (Å²) in [6, 6.07) is 11.5. The summed E-state index contributed by atoms with van der Waals surface area (Å²) in [6.07, 6.45) is 0. The maximum atomic E-state index is 12.3. The lowest BCUT2D eigenvalue weighted by molar-refractivity contribution is 0.0781. The Morgan fingerprint density at radius 2 is 1.81 bits per heavy atom. The van der Waals surface area contributed by atoms with Crippen LogP contribution in [-0.4, -0.2) is 28.1 Å². The molecular weight excluding hydrogens is 268 g/mol. The Morgan fingerprint density at radius 3 is 2.48 bits per heavy atom. The van der Waals surface area contributed by atoms with Crippen LogP contribution in [0, 0.1) is 0 Å². The number of hydrogen-bond donors (Lipinski definition) is 3. The van der Waals surface area contributed by atoms with E-state index in [1.54, 1.807) is 7.05 Å². The van der Waals surface area contributed by atoms with Crippen LogP contribution in [-0.2, 0) is 13.1 Å². The zero-order valence-electron chi connectivity index (χ0n) is 11.8. The highest BCUT2D eigenvalue weighted by Crippen LogP contribution is 2.24. The third-order valence-corrected chi connectivity index (χ3v) is 3.30. The Kier molecular flexibility index (Phi) is 4.45. The van der Waals surface area contributed by atoms with Gasteiger partial charge >= 0.3 is 0 Å². The number of aromatic hydroxyl groups is 2. The molecule has 0 aliphatic heterocycles. The predicted octanol–water partition coefficient (Wildman–Crippen LogP) is 1.83. The molecule has 0 atom stereocenters. The minimum absolute atomic E-state index is 0.0630. The molecule has 0 aliphatic carbocycles. The normalized spacial score (nSPS) is 10.4. The fraction of sp³-hybridized carbons (Fsp3) is 0.188. The molecule has 5 heteroatoms. The molecule has 2 aromatic rings. The van der Waals surface area contributed by atoms with Crippen molar-refractivity contribution in [2.45, 2.75) is 13.1 Å². The Balaban J connectivity index is 2.22. The van der Waals surface area contributed by atoms with E-state index in [2.05, 4.69) is 0 Å². The van der Waals surface area contributed by atoms with E-state index in [4.69, 9.17) is 5.73 Å². The SMILES string of the molecule is CN(Cc1ccccc1CN)C(=O)c1cc(O)ccc1O. The Morgan fingerprint density at radius 1 is 1.14 bits per heavy atom. The number of nitrogens with zero attached hydrogens (tertiary/aromatic N) is 1. The number of hydrogen-bond acceptors (Lipinski definition) is 4. The van der Waals surface area contributed by atoms with Crippen LogP contribution in [0.3, 0.4) is 0 Å². The van der Waals surface area contributed by atoms with Crippen LogP contribution < -0.4 is 5.73 Å².